The minimum Gasteiger partial charge on any atom is -0.300 e. The zero-order valence-electron chi connectivity index (χ0n) is 8.53. The van der Waals surface area contributed by atoms with Crippen LogP contribution in [0.3, 0.4) is 0 Å². The highest BCUT2D eigenvalue weighted by Crippen LogP contribution is 2.13. The average molecular weight is 219 g/mol. The Bertz CT molecular complexity index is 291. The number of Topliss-reactive ketones (excluding diaryl/α,β-unsaturated/α-hetero) is 1. The Morgan fingerprint density at radius 2 is 1.79 bits per heavy atom. The van der Waals surface area contributed by atoms with E-state index in [1.165, 1.54) is 11.2 Å². The van der Waals surface area contributed by atoms with Gasteiger partial charge in [0.05, 0.1) is 5.75 Å². The lowest BCUT2D eigenvalue weighted by Gasteiger charge is -2.25. The van der Waals surface area contributed by atoms with Crippen LogP contribution in [0.4, 0.5) is 0 Å². The van der Waals surface area contributed by atoms with E-state index in [4.69, 9.17) is 0 Å². The van der Waals surface area contributed by atoms with Gasteiger partial charge in [0.15, 0.2) is 0 Å². The van der Waals surface area contributed by atoms with Crippen molar-refractivity contribution < 1.29 is 13.2 Å². The summed E-state index contributed by atoms with van der Waals surface area (Å²) in [5.74, 6) is -0.0897. The zero-order valence-corrected chi connectivity index (χ0v) is 9.35. The topological polar surface area (TPSA) is 54.5 Å². The summed E-state index contributed by atoms with van der Waals surface area (Å²) in [6.45, 7) is 2.67. The Hall–Kier alpha value is -0.420. The first-order chi connectivity index (χ1) is 6.52. The standard InChI is InChI=1S/C9H17NO3S/c1-9(11)5-8-14(12,13)10-6-3-2-4-7-10/h2-8H2,1H3. The van der Waals surface area contributed by atoms with Crippen LogP contribution in [0.1, 0.15) is 32.6 Å². The van der Waals surface area contributed by atoms with Crippen LogP contribution in [0.15, 0.2) is 0 Å². The summed E-state index contributed by atoms with van der Waals surface area (Å²) < 4.78 is 24.8. The highest BCUT2D eigenvalue weighted by Gasteiger charge is 2.23. The predicted octanol–water partition coefficient (Wildman–Crippen LogP) is 0.781. The number of hydrogen-bond donors (Lipinski definition) is 0. The van der Waals surface area contributed by atoms with Crippen LogP contribution >= 0.6 is 0 Å². The third-order valence-corrected chi connectivity index (χ3v) is 4.29. The molecular formula is C9H17NO3S. The largest absolute Gasteiger partial charge is 0.300 e. The highest BCUT2D eigenvalue weighted by molar-refractivity contribution is 7.89. The van der Waals surface area contributed by atoms with Crippen LogP contribution in [0.2, 0.25) is 0 Å². The molecule has 4 nitrogen and oxygen atoms in total. The lowest BCUT2D eigenvalue weighted by Crippen LogP contribution is -2.37. The SMILES string of the molecule is CC(=O)CCS(=O)(=O)N1CCCCC1. The van der Waals surface area contributed by atoms with Gasteiger partial charge < -0.3 is 0 Å². The molecule has 0 bridgehead atoms. The van der Waals surface area contributed by atoms with Gasteiger partial charge in [-0.1, -0.05) is 6.42 Å². The van der Waals surface area contributed by atoms with Gasteiger partial charge in [0.2, 0.25) is 10.0 Å². The van der Waals surface area contributed by atoms with Crippen LogP contribution in [0, 0.1) is 0 Å². The molecule has 82 valence electrons. The maximum absolute atomic E-state index is 11.7. The molecule has 0 aromatic rings. The monoisotopic (exact) mass is 219 g/mol. The summed E-state index contributed by atoms with van der Waals surface area (Å²) in [5.41, 5.74) is 0. The number of hydrogen-bond acceptors (Lipinski definition) is 3. The molecule has 0 spiro atoms. The zero-order chi connectivity index (χ0) is 10.6. The minimum absolute atomic E-state index is 0.0255. The van der Waals surface area contributed by atoms with Crippen molar-refractivity contribution in [2.45, 2.75) is 32.6 Å². The second-order valence-corrected chi connectivity index (χ2v) is 5.82. The number of sulfonamides is 1. The summed E-state index contributed by atoms with van der Waals surface area (Å²) in [7, 11) is -3.17. The Balaban J connectivity index is 2.50. The Labute approximate surface area is 85.3 Å². The first kappa shape index (κ1) is 11.7. The number of nitrogens with zero attached hydrogens (tertiary/aromatic N) is 1. The van der Waals surface area contributed by atoms with Crippen LogP contribution in [0.5, 0.6) is 0 Å². The lowest BCUT2D eigenvalue weighted by molar-refractivity contribution is -0.116. The van der Waals surface area contributed by atoms with Gasteiger partial charge >= 0.3 is 0 Å². The molecule has 0 radical (unpaired) electrons. The van der Waals surface area contributed by atoms with Gasteiger partial charge in [-0.25, -0.2) is 12.7 Å². The molecule has 0 aliphatic carbocycles. The smallest absolute Gasteiger partial charge is 0.214 e. The van der Waals surface area contributed by atoms with Crippen LogP contribution in [-0.4, -0.2) is 37.3 Å². The molecule has 1 aliphatic heterocycles. The number of carbonyl (C=O) groups is 1. The maximum Gasteiger partial charge on any atom is 0.214 e. The third-order valence-electron chi connectivity index (χ3n) is 2.42. The lowest BCUT2D eigenvalue weighted by atomic mass is 10.2. The second-order valence-electron chi connectivity index (χ2n) is 3.73. The molecule has 1 heterocycles. The maximum atomic E-state index is 11.7. The third kappa shape index (κ3) is 3.38. The molecule has 14 heavy (non-hydrogen) atoms. The molecular weight excluding hydrogens is 202 g/mol. The Kier molecular flexibility index (Phi) is 4.07. The first-order valence-electron chi connectivity index (χ1n) is 4.99. The first-order valence-corrected chi connectivity index (χ1v) is 6.60. The summed E-state index contributed by atoms with van der Waals surface area (Å²) in [6, 6.07) is 0. The highest BCUT2D eigenvalue weighted by atomic mass is 32.2. The fourth-order valence-electron chi connectivity index (χ4n) is 1.54. The van der Waals surface area contributed by atoms with Crippen LogP contribution in [-0.2, 0) is 14.8 Å². The quantitative estimate of drug-likeness (QED) is 0.702. The van der Waals surface area contributed by atoms with E-state index < -0.39 is 10.0 Å². The molecule has 0 aromatic carbocycles. The fourth-order valence-corrected chi connectivity index (χ4v) is 3.16. The molecule has 1 rings (SSSR count). The van der Waals surface area contributed by atoms with Gasteiger partial charge in [0.1, 0.15) is 5.78 Å². The molecule has 0 unspecified atom stereocenters. The van der Waals surface area contributed by atoms with Crippen molar-refractivity contribution in [3.8, 4) is 0 Å². The molecule has 0 aromatic heterocycles. The Morgan fingerprint density at radius 1 is 1.21 bits per heavy atom. The van der Waals surface area contributed by atoms with Gasteiger partial charge in [0.25, 0.3) is 0 Å². The second kappa shape index (κ2) is 4.89. The van der Waals surface area contributed by atoms with Crippen molar-refractivity contribution in [3.63, 3.8) is 0 Å². The van der Waals surface area contributed by atoms with Gasteiger partial charge in [0, 0.05) is 19.5 Å². The molecule has 0 N–H and O–H groups in total. The van der Waals surface area contributed by atoms with Crippen LogP contribution < -0.4 is 0 Å². The van der Waals surface area contributed by atoms with Crippen molar-refractivity contribution in [2.24, 2.45) is 0 Å². The van der Waals surface area contributed by atoms with Gasteiger partial charge in [-0.3, -0.25) is 4.79 Å². The average Bonchev–Trinajstić information content (AvgIpc) is 2.16. The summed E-state index contributed by atoms with van der Waals surface area (Å²) in [4.78, 5) is 10.7. The van der Waals surface area contributed by atoms with Gasteiger partial charge in [-0.2, -0.15) is 0 Å². The van der Waals surface area contributed by atoms with Crippen molar-refractivity contribution >= 4 is 15.8 Å². The molecule has 5 heteroatoms. The summed E-state index contributed by atoms with van der Waals surface area (Å²) in [6.07, 6.45) is 3.14. The van der Waals surface area contributed by atoms with Crippen molar-refractivity contribution in [3.05, 3.63) is 0 Å². The number of ketones is 1. The van der Waals surface area contributed by atoms with Gasteiger partial charge in [-0.15, -0.1) is 0 Å². The molecule has 1 fully saturated rings. The van der Waals surface area contributed by atoms with E-state index in [2.05, 4.69) is 0 Å². The summed E-state index contributed by atoms with van der Waals surface area (Å²) in [5, 5.41) is 0. The summed E-state index contributed by atoms with van der Waals surface area (Å²) >= 11 is 0. The van der Waals surface area contributed by atoms with E-state index in [1.54, 1.807) is 0 Å². The van der Waals surface area contributed by atoms with Gasteiger partial charge in [-0.05, 0) is 19.8 Å². The van der Waals surface area contributed by atoms with Crippen LogP contribution in [0.25, 0.3) is 0 Å². The number of carbonyl (C=O) groups excluding carboxylic acids is 1. The molecule has 1 saturated heterocycles. The van der Waals surface area contributed by atoms with E-state index in [0.717, 1.165) is 19.3 Å². The van der Waals surface area contributed by atoms with E-state index in [1.807, 2.05) is 0 Å². The molecule has 0 saturated carbocycles. The van der Waals surface area contributed by atoms with E-state index in [-0.39, 0.29) is 18.0 Å². The van der Waals surface area contributed by atoms with E-state index in [9.17, 15) is 13.2 Å². The fraction of sp³-hybridized carbons (Fsp3) is 0.889. The Morgan fingerprint density at radius 3 is 2.29 bits per heavy atom. The predicted molar refractivity (Wildman–Crippen MR) is 54.5 cm³/mol. The molecule has 0 amide bonds. The van der Waals surface area contributed by atoms with Crippen molar-refractivity contribution in [1.29, 1.82) is 0 Å². The van der Waals surface area contributed by atoms with Crippen molar-refractivity contribution in [2.75, 3.05) is 18.8 Å². The number of rotatable bonds is 4. The molecule has 0 atom stereocenters. The minimum atomic E-state index is -3.17. The van der Waals surface area contributed by atoms with E-state index >= 15 is 0 Å². The number of piperidine rings is 1. The van der Waals surface area contributed by atoms with E-state index in [0.29, 0.717) is 13.1 Å². The van der Waals surface area contributed by atoms with Crippen molar-refractivity contribution in [1.82, 2.24) is 4.31 Å². The normalized spacial score (nSPS) is 19.5. The molecule has 1 aliphatic rings.